The van der Waals surface area contributed by atoms with Crippen molar-refractivity contribution >= 4 is 27.0 Å². The highest BCUT2D eigenvalue weighted by Crippen LogP contribution is 2.36. The number of amides is 3. The highest BCUT2D eigenvalue weighted by atomic mass is 31.0. The summed E-state index contributed by atoms with van der Waals surface area (Å²) in [6.45, 7) is 11.2. The van der Waals surface area contributed by atoms with Gasteiger partial charge in [0.1, 0.15) is 12.4 Å². The lowest BCUT2D eigenvalue weighted by molar-refractivity contribution is -0.177. The lowest BCUT2D eigenvalue weighted by Gasteiger charge is -2.37. The van der Waals surface area contributed by atoms with Crippen LogP contribution in [0.4, 0.5) is 4.39 Å². The topological polar surface area (TPSA) is 169 Å². The molecule has 0 aromatic heterocycles. The summed E-state index contributed by atoms with van der Waals surface area (Å²) in [5, 5.41) is 43.4. The zero-order valence-corrected chi connectivity index (χ0v) is 25.1. The number of nitrogens with one attached hydrogen (secondary N) is 1. The summed E-state index contributed by atoms with van der Waals surface area (Å²) in [5.41, 5.74) is -2.70. The molecule has 0 aliphatic carbocycles. The number of aliphatic hydroxyl groups excluding tert-OH is 3. The summed E-state index contributed by atoms with van der Waals surface area (Å²) in [7, 11) is 2.42. The number of nitrogens with zero attached hydrogens (tertiary/aromatic N) is 2. The Balaban J connectivity index is 0.00000148. The Labute approximate surface area is 246 Å². The van der Waals surface area contributed by atoms with E-state index in [0.717, 1.165) is 18.7 Å². The van der Waals surface area contributed by atoms with Crippen molar-refractivity contribution in [3.05, 3.63) is 70.3 Å². The van der Waals surface area contributed by atoms with E-state index in [1.165, 1.54) is 12.1 Å². The Morgan fingerprint density at radius 2 is 1.81 bits per heavy atom. The number of rotatable bonds is 7. The van der Waals surface area contributed by atoms with Crippen molar-refractivity contribution < 1.29 is 48.7 Å². The van der Waals surface area contributed by atoms with Crippen LogP contribution in [-0.4, -0.2) is 93.2 Å². The summed E-state index contributed by atoms with van der Waals surface area (Å²) in [4.78, 5) is 39.7. The fourth-order valence-electron chi connectivity index (χ4n) is 4.44. The van der Waals surface area contributed by atoms with Gasteiger partial charge in [-0.05, 0) is 11.6 Å². The molecule has 3 fully saturated rings. The minimum atomic E-state index is -2.47. The number of carbonyl (C=O) groups excluding carboxylic acids is 3. The van der Waals surface area contributed by atoms with E-state index < -0.39 is 71.9 Å². The van der Waals surface area contributed by atoms with Crippen molar-refractivity contribution in [2.24, 2.45) is 0 Å². The number of carbonyl (C=O) groups is 3. The van der Waals surface area contributed by atoms with Crippen LogP contribution < -0.4 is 5.32 Å². The highest BCUT2D eigenvalue weighted by Gasteiger charge is 2.53. The molecule has 0 saturated carbocycles. The molecule has 3 amide bonds. The first kappa shape index (κ1) is 34.7. The lowest BCUT2D eigenvalue weighted by Crippen LogP contribution is -2.63. The van der Waals surface area contributed by atoms with Crippen LogP contribution >= 0.6 is 9.24 Å². The molecule has 14 heteroatoms. The number of halogens is 1. The molecular weight excluding hydrogens is 572 g/mol. The molecule has 1 aromatic carbocycles. The second-order valence-electron chi connectivity index (χ2n) is 9.14. The number of morpholine rings is 1. The van der Waals surface area contributed by atoms with Crippen LogP contribution in [0.15, 0.2) is 53.4 Å². The van der Waals surface area contributed by atoms with Gasteiger partial charge in [-0.3, -0.25) is 29.5 Å². The third-order valence-electron chi connectivity index (χ3n) is 6.60. The molecule has 3 aliphatic heterocycles. The minimum absolute atomic E-state index is 0.0918. The number of likely N-dealkylation sites (tertiary alicyclic amines) is 1. The van der Waals surface area contributed by atoms with Gasteiger partial charge < -0.3 is 29.9 Å². The number of aliphatic hydroxyl groups is 4. The van der Waals surface area contributed by atoms with E-state index >= 15 is 0 Å². The molecule has 5 N–H and O–H groups in total. The maximum Gasteiger partial charge on any atom is 0.283 e. The van der Waals surface area contributed by atoms with Gasteiger partial charge in [-0.25, -0.2) is 4.39 Å². The fraction of sp³-hybridized carbons (Fsp3) is 0.464. The van der Waals surface area contributed by atoms with Gasteiger partial charge >= 0.3 is 0 Å². The molecule has 3 heterocycles. The molecule has 42 heavy (non-hydrogen) atoms. The first-order chi connectivity index (χ1) is 20.0. The van der Waals surface area contributed by atoms with Gasteiger partial charge in [0.25, 0.3) is 17.8 Å². The summed E-state index contributed by atoms with van der Waals surface area (Å²) < 4.78 is 25.4. The highest BCUT2D eigenvalue weighted by molar-refractivity contribution is 7.15. The third kappa shape index (κ3) is 7.86. The molecule has 2 atom stereocenters. The van der Waals surface area contributed by atoms with Crippen molar-refractivity contribution in [1.82, 2.24) is 15.1 Å². The lowest BCUT2D eigenvalue weighted by atomic mass is 10.00. The van der Waals surface area contributed by atoms with E-state index in [1.54, 1.807) is 6.07 Å². The maximum absolute atomic E-state index is 14.8. The minimum Gasteiger partial charge on any atom is -0.505 e. The second-order valence-corrected chi connectivity index (χ2v) is 9.14. The second kappa shape index (κ2) is 15.6. The molecule has 4 rings (SSSR count). The molecule has 0 radical (unpaired) electrons. The number of hydrogen-bond donors (Lipinski definition) is 5. The predicted molar refractivity (Wildman–Crippen MR) is 154 cm³/mol. The predicted octanol–water partition coefficient (Wildman–Crippen LogP) is 2.31. The molecule has 1 aromatic rings. The summed E-state index contributed by atoms with van der Waals surface area (Å²) in [6.07, 6.45) is -0.708. The monoisotopic (exact) mass is 611 g/mol. The van der Waals surface area contributed by atoms with Crippen molar-refractivity contribution in [3.63, 3.8) is 0 Å². The van der Waals surface area contributed by atoms with Crippen molar-refractivity contribution in [3.8, 4) is 0 Å². The van der Waals surface area contributed by atoms with E-state index in [4.69, 9.17) is 9.47 Å². The molecule has 3 saturated heterocycles. The normalized spacial score (nSPS) is 23.2. The van der Waals surface area contributed by atoms with Gasteiger partial charge in [-0.2, -0.15) is 0 Å². The van der Waals surface area contributed by atoms with Crippen molar-refractivity contribution in [1.29, 1.82) is 0 Å². The molecule has 2 unspecified atom stereocenters. The maximum atomic E-state index is 14.8. The first-order valence-electron chi connectivity index (χ1n) is 13.4. The Kier molecular flexibility index (Phi) is 12.9. The molecule has 3 aliphatic rings. The molecule has 0 bridgehead atoms. The van der Waals surface area contributed by atoms with Gasteiger partial charge in [-0.1, -0.05) is 39.2 Å². The Morgan fingerprint density at radius 1 is 1.17 bits per heavy atom. The SMILES string of the molecule is C=C(O)/C(O)=C1/C(=O)N(C2(O)CCC(=O)NC2=O)C/C1=C(/O)OCc1ccc(CN2CCOCC2)cc1F.CC.CP. The average molecular weight is 612 g/mol. The van der Waals surface area contributed by atoms with Crippen LogP contribution in [0, 0.1) is 5.82 Å². The summed E-state index contributed by atoms with van der Waals surface area (Å²) in [5.74, 6) is -6.36. The third-order valence-corrected chi connectivity index (χ3v) is 6.60. The zero-order valence-electron chi connectivity index (χ0n) is 24.0. The van der Waals surface area contributed by atoms with Crippen LogP contribution in [0.25, 0.3) is 0 Å². The first-order valence-corrected chi connectivity index (χ1v) is 14.6. The van der Waals surface area contributed by atoms with E-state index in [2.05, 4.69) is 20.7 Å². The number of imide groups is 1. The van der Waals surface area contributed by atoms with E-state index in [9.17, 15) is 39.2 Å². The van der Waals surface area contributed by atoms with Gasteiger partial charge in [-0.15, -0.1) is 9.24 Å². The zero-order chi connectivity index (χ0) is 31.6. The number of ether oxygens (including phenoxy) is 2. The van der Waals surface area contributed by atoms with E-state index in [1.807, 2.05) is 25.8 Å². The van der Waals surface area contributed by atoms with Gasteiger partial charge in [0.05, 0.1) is 30.9 Å². The number of benzene rings is 1. The number of piperidine rings is 1. The molecular formula is C28H39FN3O9P. The molecule has 0 spiro atoms. The van der Waals surface area contributed by atoms with E-state index in [0.29, 0.717) is 24.7 Å². The Morgan fingerprint density at radius 3 is 2.38 bits per heavy atom. The summed E-state index contributed by atoms with van der Waals surface area (Å²) >= 11 is 0. The quantitative estimate of drug-likeness (QED) is 0.134. The summed E-state index contributed by atoms with van der Waals surface area (Å²) in [6, 6.07) is 4.56. The molecule has 232 valence electrons. The standard InChI is InChI=1S/C25H28FN3O9.C2H6.CH5P/c1-14(30)21(32)20-17(12-29(22(20)33)25(36)5-4-19(31)27-24(25)35)23(34)38-13-16-3-2-15(10-18(16)26)11-28-6-8-37-9-7-28;2*1-2/h2-3,10,30,32,34,36H,1,4-9,11-13H2,(H,27,31,35);1-2H3;2H2,1H3/b21-20-,23-17+;;. The van der Waals surface area contributed by atoms with Gasteiger partial charge in [0.15, 0.2) is 11.5 Å². The Bertz CT molecular complexity index is 1250. The Hall–Kier alpha value is -3.51. The smallest absolute Gasteiger partial charge is 0.283 e. The van der Waals surface area contributed by atoms with Crippen LogP contribution in [0.1, 0.15) is 37.8 Å². The van der Waals surface area contributed by atoms with Crippen LogP contribution in [0.5, 0.6) is 0 Å². The van der Waals surface area contributed by atoms with Gasteiger partial charge in [0.2, 0.25) is 11.6 Å². The van der Waals surface area contributed by atoms with Gasteiger partial charge in [0, 0.05) is 38.0 Å². The van der Waals surface area contributed by atoms with Crippen molar-refractivity contribution in [2.45, 2.75) is 45.6 Å². The number of hydrogen-bond acceptors (Lipinski definition) is 10. The largest absolute Gasteiger partial charge is 0.505 e. The van der Waals surface area contributed by atoms with Crippen LogP contribution in [0.2, 0.25) is 0 Å². The van der Waals surface area contributed by atoms with Crippen molar-refractivity contribution in [2.75, 3.05) is 39.5 Å². The van der Waals surface area contributed by atoms with Crippen LogP contribution in [0.3, 0.4) is 0 Å². The fourth-order valence-corrected chi connectivity index (χ4v) is 4.44. The van der Waals surface area contributed by atoms with Crippen LogP contribution in [-0.2, 0) is 37.0 Å². The average Bonchev–Trinajstić information content (AvgIpc) is 3.34. The molecule has 12 nitrogen and oxygen atoms in total. The van der Waals surface area contributed by atoms with E-state index in [-0.39, 0.29) is 17.6 Å².